The molecule has 0 radical (unpaired) electrons. The molecule has 16 heavy (non-hydrogen) atoms. The van der Waals surface area contributed by atoms with Gasteiger partial charge in [-0.05, 0) is 12.0 Å². The summed E-state index contributed by atoms with van der Waals surface area (Å²) in [5, 5.41) is 3.66. The Bertz CT molecular complexity index is 266. The van der Waals surface area contributed by atoms with Gasteiger partial charge in [0.2, 0.25) is 0 Å². The molecule has 1 heteroatoms. The van der Waals surface area contributed by atoms with Gasteiger partial charge in [-0.25, -0.2) is 0 Å². The second kappa shape index (κ2) is 7.45. The SMILES string of the molecule is CCCCCC(NC(C)C)c1ccccc1. The number of unbranched alkanes of at least 4 members (excludes halogenated alkanes) is 2. The highest BCUT2D eigenvalue weighted by atomic mass is 14.9. The molecular formula is C15H25N. The molecule has 0 aliphatic heterocycles. The fourth-order valence-corrected chi connectivity index (χ4v) is 2.03. The molecule has 90 valence electrons. The number of benzene rings is 1. The highest BCUT2D eigenvalue weighted by Gasteiger charge is 2.11. The van der Waals surface area contributed by atoms with Gasteiger partial charge in [0.25, 0.3) is 0 Å². The lowest BCUT2D eigenvalue weighted by molar-refractivity contribution is 0.435. The van der Waals surface area contributed by atoms with Crippen LogP contribution in [0.5, 0.6) is 0 Å². The summed E-state index contributed by atoms with van der Waals surface area (Å²) in [7, 11) is 0. The molecule has 0 saturated heterocycles. The highest BCUT2D eigenvalue weighted by Crippen LogP contribution is 2.20. The Morgan fingerprint density at radius 2 is 1.75 bits per heavy atom. The van der Waals surface area contributed by atoms with Crippen molar-refractivity contribution in [2.75, 3.05) is 0 Å². The zero-order valence-corrected chi connectivity index (χ0v) is 10.9. The molecule has 0 amide bonds. The van der Waals surface area contributed by atoms with Crippen molar-refractivity contribution in [3.8, 4) is 0 Å². The standard InChI is InChI=1S/C15H25N/c1-4-5-7-12-15(16-13(2)3)14-10-8-6-9-11-14/h6,8-11,13,15-16H,4-5,7,12H2,1-3H3. The van der Waals surface area contributed by atoms with E-state index in [4.69, 9.17) is 0 Å². The van der Waals surface area contributed by atoms with Crippen LogP contribution in [-0.2, 0) is 0 Å². The zero-order valence-electron chi connectivity index (χ0n) is 10.9. The van der Waals surface area contributed by atoms with Crippen molar-refractivity contribution in [2.24, 2.45) is 0 Å². The Morgan fingerprint density at radius 1 is 1.06 bits per heavy atom. The summed E-state index contributed by atoms with van der Waals surface area (Å²) >= 11 is 0. The molecule has 1 rings (SSSR count). The summed E-state index contributed by atoms with van der Waals surface area (Å²) in [6.07, 6.45) is 5.19. The maximum atomic E-state index is 3.66. The molecule has 0 aliphatic rings. The van der Waals surface area contributed by atoms with Gasteiger partial charge in [0.15, 0.2) is 0 Å². The quantitative estimate of drug-likeness (QED) is 0.674. The average Bonchev–Trinajstić information content (AvgIpc) is 2.29. The predicted molar refractivity (Wildman–Crippen MR) is 71.6 cm³/mol. The maximum Gasteiger partial charge on any atom is 0.0322 e. The Labute approximate surface area is 100 Å². The maximum absolute atomic E-state index is 3.66. The van der Waals surface area contributed by atoms with Crippen LogP contribution < -0.4 is 5.32 Å². The third-order valence-corrected chi connectivity index (χ3v) is 2.83. The molecule has 0 heterocycles. The highest BCUT2D eigenvalue weighted by molar-refractivity contribution is 5.18. The summed E-state index contributed by atoms with van der Waals surface area (Å²) in [6, 6.07) is 11.9. The molecule has 1 unspecified atom stereocenters. The first-order valence-electron chi connectivity index (χ1n) is 6.55. The van der Waals surface area contributed by atoms with Crippen molar-refractivity contribution >= 4 is 0 Å². The van der Waals surface area contributed by atoms with Gasteiger partial charge in [0.1, 0.15) is 0 Å². The van der Waals surface area contributed by atoms with Gasteiger partial charge in [0, 0.05) is 12.1 Å². The molecule has 0 spiro atoms. The fraction of sp³-hybridized carbons (Fsp3) is 0.600. The third-order valence-electron chi connectivity index (χ3n) is 2.83. The lowest BCUT2D eigenvalue weighted by Gasteiger charge is -2.21. The Hall–Kier alpha value is -0.820. The van der Waals surface area contributed by atoms with Crippen molar-refractivity contribution in [3.05, 3.63) is 35.9 Å². The van der Waals surface area contributed by atoms with E-state index in [1.54, 1.807) is 0 Å². The average molecular weight is 219 g/mol. The van der Waals surface area contributed by atoms with Crippen LogP contribution in [-0.4, -0.2) is 6.04 Å². The number of nitrogens with one attached hydrogen (secondary N) is 1. The Morgan fingerprint density at radius 3 is 2.31 bits per heavy atom. The van der Waals surface area contributed by atoms with Gasteiger partial charge in [-0.2, -0.15) is 0 Å². The van der Waals surface area contributed by atoms with E-state index in [1.807, 2.05) is 0 Å². The van der Waals surface area contributed by atoms with Crippen molar-refractivity contribution in [3.63, 3.8) is 0 Å². The van der Waals surface area contributed by atoms with Crippen molar-refractivity contribution in [1.29, 1.82) is 0 Å². The molecule has 1 N–H and O–H groups in total. The molecule has 1 nitrogen and oxygen atoms in total. The summed E-state index contributed by atoms with van der Waals surface area (Å²) in [5.74, 6) is 0. The van der Waals surface area contributed by atoms with Crippen LogP contribution in [0, 0.1) is 0 Å². The number of hydrogen-bond acceptors (Lipinski definition) is 1. The predicted octanol–water partition coefficient (Wildman–Crippen LogP) is 4.31. The molecule has 0 saturated carbocycles. The van der Waals surface area contributed by atoms with Gasteiger partial charge in [-0.15, -0.1) is 0 Å². The van der Waals surface area contributed by atoms with E-state index in [1.165, 1.54) is 31.2 Å². The molecule has 0 fully saturated rings. The minimum atomic E-state index is 0.521. The topological polar surface area (TPSA) is 12.0 Å². The van der Waals surface area contributed by atoms with Gasteiger partial charge in [-0.3, -0.25) is 0 Å². The first kappa shape index (κ1) is 13.2. The van der Waals surface area contributed by atoms with Gasteiger partial charge < -0.3 is 5.32 Å². The van der Waals surface area contributed by atoms with Gasteiger partial charge >= 0.3 is 0 Å². The summed E-state index contributed by atoms with van der Waals surface area (Å²) in [4.78, 5) is 0. The minimum absolute atomic E-state index is 0.521. The van der Waals surface area contributed by atoms with E-state index in [0.717, 1.165) is 0 Å². The van der Waals surface area contributed by atoms with Crippen LogP contribution >= 0.6 is 0 Å². The van der Waals surface area contributed by atoms with E-state index in [-0.39, 0.29) is 0 Å². The van der Waals surface area contributed by atoms with Gasteiger partial charge in [-0.1, -0.05) is 70.4 Å². The van der Waals surface area contributed by atoms with Crippen LogP contribution in [0.1, 0.15) is 58.1 Å². The largest absolute Gasteiger partial charge is 0.308 e. The first-order valence-corrected chi connectivity index (χ1v) is 6.55. The smallest absolute Gasteiger partial charge is 0.0322 e. The van der Waals surface area contributed by atoms with E-state index in [0.29, 0.717) is 12.1 Å². The zero-order chi connectivity index (χ0) is 11.8. The molecule has 1 atom stereocenters. The van der Waals surface area contributed by atoms with Crippen molar-refractivity contribution < 1.29 is 0 Å². The second-order valence-corrected chi connectivity index (χ2v) is 4.78. The normalized spacial score (nSPS) is 13.0. The molecule has 0 aliphatic carbocycles. The summed E-state index contributed by atoms with van der Waals surface area (Å²) < 4.78 is 0. The van der Waals surface area contributed by atoms with Crippen LogP contribution in [0.15, 0.2) is 30.3 Å². The lowest BCUT2D eigenvalue weighted by Crippen LogP contribution is -2.28. The van der Waals surface area contributed by atoms with E-state index < -0.39 is 0 Å². The molecule has 1 aromatic carbocycles. The van der Waals surface area contributed by atoms with Crippen molar-refractivity contribution in [2.45, 2.75) is 58.5 Å². The third kappa shape index (κ3) is 4.80. The fourth-order valence-electron chi connectivity index (χ4n) is 2.03. The Balaban J connectivity index is 2.56. The van der Waals surface area contributed by atoms with Crippen molar-refractivity contribution in [1.82, 2.24) is 5.32 Å². The van der Waals surface area contributed by atoms with E-state index in [2.05, 4.69) is 56.4 Å². The van der Waals surface area contributed by atoms with E-state index >= 15 is 0 Å². The van der Waals surface area contributed by atoms with Crippen LogP contribution in [0.25, 0.3) is 0 Å². The summed E-state index contributed by atoms with van der Waals surface area (Å²) in [5.41, 5.74) is 1.42. The summed E-state index contributed by atoms with van der Waals surface area (Å²) in [6.45, 7) is 6.69. The lowest BCUT2D eigenvalue weighted by atomic mass is 10.00. The number of rotatable bonds is 7. The molecule has 0 aromatic heterocycles. The molecular weight excluding hydrogens is 194 g/mol. The monoisotopic (exact) mass is 219 g/mol. The van der Waals surface area contributed by atoms with Crippen LogP contribution in [0.3, 0.4) is 0 Å². The van der Waals surface area contributed by atoms with Crippen LogP contribution in [0.2, 0.25) is 0 Å². The second-order valence-electron chi connectivity index (χ2n) is 4.78. The first-order chi connectivity index (χ1) is 7.74. The van der Waals surface area contributed by atoms with E-state index in [9.17, 15) is 0 Å². The molecule has 0 bridgehead atoms. The minimum Gasteiger partial charge on any atom is -0.308 e. The number of hydrogen-bond donors (Lipinski definition) is 1. The van der Waals surface area contributed by atoms with Crippen LogP contribution in [0.4, 0.5) is 0 Å². The Kier molecular flexibility index (Phi) is 6.17. The van der Waals surface area contributed by atoms with Gasteiger partial charge in [0.05, 0.1) is 0 Å². The molecule has 1 aromatic rings.